The van der Waals surface area contributed by atoms with Gasteiger partial charge >= 0.3 is 5.69 Å². The third kappa shape index (κ3) is 6.87. The summed E-state index contributed by atoms with van der Waals surface area (Å²) in [7, 11) is 3.74. The van der Waals surface area contributed by atoms with Crippen LogP contribution in [-0.4, -0.2) is 88.9 Å². The molecule has 3 fully saturated rings. The lowest BCUT2D eigenvalue weighted by molar-refractivity contribution is -0.135. The molecule has 8 rings (SSSR count). The molecule has 1 unspecified atom stereocenters. The molecule has 15 nitrogen and oxygen atoms in total. The molecule has 0 spiro atoms. The molecule has 0 bridgehead atoms. The minimum Gasteiger partial charge on any atom is -0.370 e. The number of amides is 3. The van der Waals surface area contributed by atoms with E-state index in [1.807, 2.05) is 0 Å². The first kappa shape index (κ1) is 36.5. The Kier molecular flexibility index (Phi) is 9.69. The number of nitrogens with zero attached hydrogens (tertiary/aromatic N) is 9. The SMILES string of the molecule is CN(CC1CCC(n2cc(NC(=O)c3cnn4cccnc34)c(C(F)F)n2)CC1)C1CCN(c2cc(F)cc3c2n(C)c(=O)n3C2CCC(=O)NC2=O)CC1. The Bertz CT molecular complexity index is 2330. The van der Waals surface area contributed by atoms with Crippen LogP contribution < -0.4 is 21.2 Å². The van der Waals surface area contributed by atoms with Crippen molar-refractivity contribution in [3.05, 3.63) is 70.5 Å². The topological polar surface area (TPSA) is 157 Å². The summed E-state index contributed by atoms with van der Waals surface area (Å²) in [6.45, 7) is 2.18. The third-order valence-electron chi connectivity index (χ3n) is 11.5. The average Bonchev–Trinajstić information content (AvgIpc) is 3.86. The molecule has 290 valence electrons. The van der Waals surface area contributed by atoms with Gasteiger partial charge in [0.1, 0.15) is 17.4 Å². The van der Waals surface area contributed by atoms with E-state index in [0.29, 0.717) is 47.4 Å². The number of hydrogen-bond acceptors (Lipinski definition) is 9. The van der Waals surface area contributed by atoms with Crippen LogP contribution in [0.25, 0.3) is 16.7 Å². The van der Waals surface area contributed by atoms with Crippen LogP contribution in [0.1, 0.15) is 85.9 Å². The van der Waals surface area contributed by atoms with Crippen molar-refractivity contribution in [3.8, 4) is 0 Å². The number of aromatic nitrogens is 7. The first-order chi connectivity index (χ1) is 26.5. The molecule has 1 saturated carbocycles. The number of aryl methyl sites for hydroxylation is 1. The van der Waals surface area contributed by atoms with Gasteiger partial charge in [0.2, 0.25) is 11.8 Å². The number of imidazole rings is 1. The van der Waals surface area contributed by atoms with E-state index in [1.165, 1.54) is 44.4 Å². The molecule has 3 aliphatic rings. The normalized spacial score (nSPS) is 21.3. The molecule has 3 amide bonds. The zero-order valence-electron chi connectivity index (χ0n) is 30.5. The number of anilines is 2. The van der Waals surface area contributed by atoms with Crippen LogP contribution in [0.15, 0.2) is 47.8 Å². The van der Waals surface area contributed by atoms with E-state index >= 15 is 4.39 Å². The van der Waals surface area contributed by atoms with Gasteiger partial charge in [0.25, 0.3) is 12.3 Å². The number of imide groups is 1. The molecule has 1 aliphatic carbocycles. The Morgan fingerprint density at radius 3 is 2.56 bits per heavy atom. The number of hydrogen-bond donors (Lipinski definition) is 2. The van der Waals surface area contributed by atoms with Gasteiger partial charge in [-0.15, -0.1) is 0 Å². The van der Waals surface area contributed by atoms with Crippen molar-refractivity contribution >= 4 is 45.8 Å². The molecule has 5 aromatic rings. The molecule has 18 heteroatoms. The predicted molar refractivity (Wildman–Crippen MR) is 196 cm³/mol. The van der Waals surface area contributed by atoms with Crippen LogP contribution in [0.4, 0.5) is 24.5 Å². The number of benzene rings is 1. The summed E-state index contributed by atoms with van der Waals surface area (Å²) in [5, 5.41) is 13.2. The molecule has 0 radical (unpaired) electrons. The maximum Gasteiger partial charge on any atom is 0.329 e. The molecule has 2 N–H and O–H groups in total. The fourth-order valence-corrected chi connectivity index (χ4v) is 8.65. The maximum atomic E-state index is 15.1. The summed E-state index contributed by atoms with van der Waals surface area (Å²) in [4.78, 5) is 59.5. The fraction of sp³-hybridized carbons (Fsp3) is 0.486. The number of piperidine rings is 2. The Balaban J connectivity index is 0.879. The Morgan fingerprint density at radius 1 is 1.07 bits per heavy atom. The Hall–Kier alpha value is -5.52. The van der Waals surface area contributed by atoms with Crippen molar-refractivity contribution in [3.63, 3.8) is 0 Å². The first-order valence-electron chi connectivity index (χ1n) is 18.6. The number of fused-ring (bicyclic) bond motifs is 2. The highest BCUT2D eigenvalue weighted by Gasteiger charge is 2.34. The summed E-state index contributed by atoms with van der Waals surface area (Å²) < 4.78 is 49.0. The van der Waals surface area contributed by atoms with Crippen molar-refractivity contribution in [1.82, 2.24) is 43.7 Å². The second-order valence-corrected chi connectivity index (χ2v) is 14.9. The molecule has 6 heterocycles. The van der Waals surface area contributed by atoms with E-state index in [2.05, 4.69) is 42.7 Å². The summed E-state index contributed by atoms with van der Waals surface area (Å²) in [6.07, 6.45) is 8.39. The van der Waals surface area contributed by atoms with Crippen molar-refractivity contribution in [1.29, 1.82) is 0 Å². The van der Waals surface area contributed by atoms with Crippen LogP contribution in [-0.2, 0) is 16.6 Å². The van der Waals surface area contributed by atoms with E-state index in [-0.39, 0.29) is 36.0 Å². The van der Waals surface area contributed by atoms with Crippen molar-refractivity contribution in [2.75, 3.05) is 36.9 Å². The highest BCUT2D eigenvalue weighted by molar-refractivity contribution is 6.08. The van der Waals surface area contributed by atoms with E-state index in [0.717, 1.165) is 45.1 Å². The zero-order chi connectivity index (χ0) is 38.5. The van der Waals surface area contributed by atoms with Gasteiger partial charge in [-0.05, 0) is 76.1 Å². The summed E-state index contributed by atoms with van der Waals surface area (Å²) >= 11 is 0. The molecule has 2 saturated heterocycles. The lowest BCUT2D eigenvalue weighted by Crippen LogP contribution is -2.45. The van der Waals surface area contributed by atoms with Crippen LogP contribution in [0.2, 0.25) is 0 Å². The molecule has 4 aromatic heterocycles. The molecule has 55 heavy (non-hydrogen) atoms. The molecular weight excluding hydrogens is 719 g/mol. The number of carbonyl (C=O) groups excluding carboxylic acids is 3. The van der Waals surface area contributed by atoms with Gasteiger partial charge in [-0.1, -0.05) is 0 Å². The first-order valence-corrected chi connectivity index (χ1v) is 18.6. The standard InChI is InChI=1S/C37H42F3N11O4/c1-46(23-10-14-48(15-11-23)28-16-22(38)17-29-32(28)47(2)37(55)51(29)27-8-9-30(52)44-36(27)54)19-21-4-6-24(7-5-21)50-20-26(31(45-50)33(39)40)43-35(53)25-18-42-49-13-3-12-41-34(25)49/h3,12-13,16-18,20-21,23-24,27,33H,4-11,14-15,19H2,1-2H3,(H,43,53)(H,44,52,54). The van der Waals surface area contributed by atoms with E-state index in [4.69, 9.17) is 0 Å². The predicted octanol–water partition coefficient (Wildman–Crippen LogP) is 4.22. The number of carbonyl (C=O) groups is 3. The number of alkyl halides is 2. The van der Waals surface area contributed by atoms with E-state index in [1.54, 1.807) is 24.0 Å². The van der Waals surface area contributed by atoms with Crippen molar-refractivity contribution in [2.24, 2.45) is 13.0 Å². The Morgan fingerprint density at radius 2 is 1.84 bits per heavy atom. The zero-order valence-corrected chi connectivity index (χ0v) is 30.5. The number of rotatable bonds is 9. The van der Waals surface area contributed by atoms with Gasteiger partial charge in [0.15, 0.2) is 11.3 Å². The summed E-state index contributed by atoms with van der Waals surface area (Å²) in [6, 6.07) is 3.72. The second kappa shape index (κ2) is 14.6. The largest absolute Gasteiger partial charge is 0.370 e. The van der Waals surface area contributed by atoms with Gasteiger partial charge in [-0.3, -0.25) is 33.5 Å². The van der Waals surface area contributed by atoms with E-state index in [9.17, 15) is 28.0 Å². The maximum absolute atomic E-state index is 15.1. The van der Waals surface area contributed by atoms with Crippen molar-refractivity contribution in [2.45, 2.75) is 75.9 Å². The third-order valence-corrected chi connectivity index (χ3v) is 11.5. The molecule has 1 aromatic carbocycles. The average molecular weight is 762 g/mol. The van der Waals surface area contributed by atoms with Gasteiger partial charge in [0, 0.05) is 57.7 Å². The fourth-order valence-electron chi connectivity index (χ4n) is 8.65. The van der Waals surface area contributed by atoms with Crippen LogP contribution in [0, 0.1) is 11.7 Å². The smallest absolute Gasteiger partial charge is 0.329 e. The van der Waals surface area contributed by atoms with Crippen LogP contribution in [0.3, 0.4) is 0 Å². The van der Waals surface area contributed by atoms with Gasteiger partial charge in [0.05, 0.1) is 34.6 Å². The molecule has 1 atom stereocenters. The number of halogens is 3. The lowest BCUT2D eigenvalue weighted by Gasteiger charge is -2.40. The highest BCUT2D eigenvalue weighted by Crippen LogP contribution is 2.37. The van der Waals surface area contributed by atoms with Crippen molar-refractivity contribution < 1.29 is 27.6 Å². The van der Waals surface area contributed by atoms with Gasteiger partial charge in [-0.25, -0.2) is 27.5 Å². The number of nitrogens with one attached hydrogen (secondary N) is 2. The van der Waals surface area contributed by atoms with Gasteiger partial charge < -0.3 is 15.1 Å². The quantitative estimate of drug-likeness (QED) is 0.210. The van der Waals surface area contributed by atoms with Gasteiger partial charge in [-0.2, -0.15) is 10.2 Å². The summed E-state index contributed by atoms with van der Waals surface area (Å²) in [5.74, 6) is -1.64. The lowest BCUT2D eigenvalue weighted by atomic mass is 9.85. The second-order valence-electron chi connectivity index (χ2n) is 14.9. The minimum atomic E-state index is -2.87. The van der Waals surface area contributed by atoms with E-state index < -0.39 is 41.5 Å². The monoisotopic (exact) mass is 761 g/mol. The highest BCUT2D eigenvalue weighted by atomic mass is 19.3. The Labute approximate surface area is 313 Å². The molecule has 2 aliphatic heterocycles. The molecular formula is C37H42F3N11O4. The van der Waals surface area contributed by atoms with Crippen LogP contribution >= 0.6 is 0 Å². The van der Waals surface area contributed by atoms with Crippen LogP contribution in [0.5, 0.6) is 0 Å². The summed E-state index contributed by atoms with van der Waals surface area (Å²) in [5.41, 5.74) is 1.03. The minimum absolute atomic E-state index is 0.0310.